The van der Waals surface area contributed by atoms with E-state index < -0.39 is 5.54 Å². The van der Waals surface area contributed by atoms with Crippen molar-refractivity contribution in [1.82, 2.24) is 15.1 Å². The lowest BCUT2D eigenvalue weighted by Crippen LogP contribution is -2.48. The van der Waals surface area contributed by atoms with Gasteiger partial charge in [-0.3, -0.25) is 4.68 Å². The van der Waals surface area contributed by atoms with E-state index in [0.29, 0.717) is 13.0 Å². The van der Waals surface area contributed by atoms with Gasteiger partial charge in [-0.05, 0) is 25.6 Å². The van der Waals surface area contributed by atoms with Gasteiger partial charge in [-0.25, -0.2) is 4.79 Å². The number of aryl methyl sites for hydroxylation is 2. The Labute approximate surface area is 124 Å². The molecule has 1 N–H and O–H groups in total. The molecular formula is C16H21N3O2. The number of hydrogen-bond acceptors (Lipinski definition) is 4. The summed E-state index contributed by atoms with van der Waals surface area (Å²) in [5.74, 6) is -0.292. The molecule has 0 aliphatic rings. The van der Waals surface area contributed by atoms with Crippen LogP contribution in [-0.2, 0) is 21.6 Å². The number of benzene rings is 1. The number of hydrogen-bond donors (Lipinski definition) is 1. The van der Waals surface area contributed by atoms with Gasteiger partial charge in [-0.15, -0.1) is 0 Å². The Hall–Kier alpha value is -2.14. The highest BCUT2D eigenvalue weighted by atomic mass is 16.5. The molecule has 1 aromatic carbocycles. The van der Waals surface area contributed by atoms with Crippen molar-refractivity contribution < 1.29 is 9.53 Å². The molecule has 0 saturated heterocycles. The highest BCUT2D eigenvalue weighted by molar-refractivity contribution is 5.82. The van der Waals surface area contributed by atoms with Gasteiger partial charge in [0, 0.05) is 19.2 Å². The average Bonchev–Trinajstić information content (AvgIpc) is 2.94. The number of rotatable bonds is 6. The first-order valence-corrected chi connectivity index (χ1v) is 6.95. The van der Waals surface area contributed by atoms with Crippen LogP contribution in [0.1, 0.15) is 17.7 Å². The summed E-state index contributed by atoms with van der Waals surface area (Å²) in [5, 5.41) is 7.51. The van der Waals surface area contributed by atoms with Crippen LogP contribution in [0.5, 0.6) is 0 Å². The fourth-order valence-corrected chi connectivity index (χ4v) is 2.50. The summed E-state index contributed by atoms with van der Waals surface area (Å²) in [6.07, 6.45) is 2.47. The number of likely N-dealkylation sites (N-methyl/N-ethyl adjacent to an activating group) is 1. The van der Waals surface area contributed by atoms with Crippen LogP contribution in [0, 0.1) is 6.92 Å². The van der Waals surface area contributed by atoms with Crippen LogP contribution in [-0.4, -0.2) is 29.9 Å². The summed E-state index contributed by atoms with van der Waals surface area (Å²) in [6, 6.07) is 11.6. The van der Waals surface area contributed by atoms with Gasteiger partial charge < -0.3 is 10.1 Å². The zero-order valence-electron chi connectivity index (χ0n) is 12.7. The molecule has 1 unspecified atom stereocenters. The Kier molecular flexibility index (Phi) is 4.75. The van der Waals surface area contributed by atoms with E-state index in [2.05, 4.69) is 10.4 Å². The third-order valence-corrected chi connectivity index (χ3v) is 3.72. The van der Waals surface area contributed by atoms with Gasteiger partial charge in [0.25, 0.3) is 0 Å². The second-order valence-electron chi connectivity index (χ2n) is 4.98. The molecule has 112 valence electrons. The topological polar surface area (TPSA) is 56.2 Å². The van der Waals surface area contributed by atoms with Gasteiger partial charge in [0.2, 0.25) is 0 Å². The summed E-state index contributed by atoms with van der Waals surface area (Å²) in [6.45, 7) is 2.57. The molecule has 1 aromatic heterocycles. The van der Waals surface area contributed by atoms with Crippen LogP contribution in [0.2, 0.25) is 0 Å². The Bertz CT molecular complexity index is 595. The number of aromatic nitrogens is 2. The first kappa shape index (κ1) is 15.3. The predicted octanol–water partition coefficient (Wildman–Crippen LogP) is 1.87. The molecule has 0 spiro atoms. The lowest BCUT2D eigenvalue weighted by Gasteiger charge is -2.31. The molecule has 0 aliphatic carbocycles. The van der Waals surface area contributed by atoms with Crippen molar-refractivity contribution in [3.63, 3.8) is 0 Å². The highest BCUT2D eigenvalue weighted by Gasteiger charge is 2.39. The molecule has 1 atom stereocenters. The molecule has 0 aliphatic heterocycles. The zero-order valence-corrected chi connectivity index (χ0v) is 12.7. The van der Waals surface area contributed by atoms with Crippen LogP contribution in [0.3, 0.4) is 0 Å². The summed E-state index contributed by atoms with van der Waals surface area (Å²) in [7, 11) is 3.19. The second kappa shape index (κ2) is 6.54. The van der Waals surface area contributed by atoms with Crippen molar-refractivity contribution >= 4 is 5.97 Å². The predicted molar refractivity (Wildman–Crippen MR) is 80.8 cm³/mol. The van der Waals surface area contributed by atoms with Gasteiger partial charge in [0.05, 0.1) is 12.8 Å². The maximum Gasteiger partial charge on any atom is 0.330 e. The zero-order chi connectivity index (χ0) is 15.3. The third-order valence-electron chi connectivity index (χ3n) is 3.72. The SMILES string of the molecule is CNC(CCn1ccc(C)n1)(C(=O)OC)c1ccccc1. The number of nitrogens with one attached hydrogen (secondary N) is 1. The van der Waals surface area contributed by atoms with Crippen LogP contribution < -0.4 is 5.32 Å². The van der Waals surface area contributed by atoms with Crippen molar-refractivity contribution in [2.75, 3.05) is 14.2 Å². The van der Waals surface area contributed by atoms with Gasteiger partial charge in [0.15, 0.2) is 0 Å². The van der Waals surface area contributed by atoms with Crippen LogP contribution in [0.15, 0.2) is 42.6 Å². The molecular weight excluding hydrogens is 266 g/mol. The van der Waals surface area contributed by atoms with E-state index in [-0.39, 0.29) is 5.97 Å². The monoisotopic (exact) mass is 287 g/mol. The number of carbonyl (C=O) groups is 1. The van der Waals surface area contributed by atoms with E-state index >= 15 is 0 Å². The first-order valence-electron chi connectivity index (χ1n) is 6.95. The standard InChI is InChI=1S/C16H21N3O2/c1-13-9-11-19(18-13)12-10-16(17-2,15(20)21-3)14-7-5-4-6-8-14/h4-9,11,17H,10,12H2,1-3H3. The quantitative estimate of drug-likeness (QED) is 0.824. The van der Waals surface area contributed by atoms with Crippen LogP contribution >= 0.6 is 0 Å². The summed E-state index contributed by atoms with van der Waals surface area (Å²) in [4.78, 5) is 12.4. The molecule has 2 rings (SSSR count). The first-order chi connectivity index (χ1) is 10.1. The van der Waals surface area contributed by atoms with Gasteiger partial charge >= 0.3 is 5.97 Å². The molecule has 1 heterocycles. The van der Waals surface area contributed by atoms with Crippen LogP contribution in [0.4, 0.5) is 0 Å². The van der Waals surface area contributed by atoms with Crippen molar-refractivity contribution in [3.8, 4) is 0 Å². The van der Waals surface area contributed by atoms with Crippen molar-refractivity contribution in [2.45, 2.75) is 25.4 Å². The number of nitrogens with zero attached hydrogens (tertiary/aromatic N) is 2. The number of carbonyl (C=O) groups excluding carboxylic acids is 1. The smallest absolute Gasteiger partial charge is 0.330 e. The van der Waals surface area contributed by atoms with Gasteiger partial charge in [0.1, 0.15) is 5.54 Å². The maximum absolute atomic E-state index is 12.4. The fraction of sp³-hybridized carbons (Fsp3) is 0.375. The van der Waals surface area contributed by atoms with E-state index in [9.17, 15) is 4.79 Å². The van der Waals surface area contributed by atoms with Gasteiger partial charge in [-0.2, -0.15) is 5.10 Å². The Morgan fingerprint density at radius 3 is 2.57 bits per heavy atom. The molecule has 2 aromatic rings. The molecule has 5 nitrogen and oxygen atoms in total. The third kappa shape index (κ3) is 3.13. The van der Waals surface area contributed by atoms with Gasteiger partial charge in [-0.1, -0.05) is 30.3 Å². The number of ether oxygens (including phenoxy) is 1. The van der Waals surface area contributed by atoms with Crippen molar-refractivity contribution in [2.24, 2.45) is 0 Å². The average molecular weight is 287 g/mol. The Balaban J connectivity index is 2.29. The Morgan fingerprint density at radius 1 is 1.33 bits per heavy atom. The van der Waals surface area contributed by atoms with E-state index in [4.69, 9.17) is 4.74 Å². The maximum atomic E-state index is 12.4. The fourth-order valence-electron chi connectivity index (χ4n) is 2.50. The highest BCUT2D eigenvalue weighted by Crippen LogP contribution is 2.27. The Morgan fingerprint density at radius 2 is 2.05 bits per heavy atom. The number of esters is 1. The minimum absolute atomic E-state index is 0.292. The summed E-state index contributed by atoms with van der Waals surface area (Å²) < 4.78 is 6.86. The van der Waals surface area contributed by atoms with E-state index in [1.165, 1.54) is 7.11 Å². The molecule has 0 amide bonds. The van der Waals surface area contributed by atoms with E-state index in [0.717, 1.165) is 11.3 Å². The van der Waals surface area contributed by atoms with E-state index in [1.807, 2.05) is 54.2 Å². The molecule has 0 bridgehead atoms. The normalized spacial score (nSPS) is 13.7. The molecule has 21 heavy (non-hydrogen) atoms. The summed E-state index contributed by atoms with van der Waals surface area (Å²) >= 11 is 0. The van der Waals surface area contributed by atoms with Crippen LogP contribution in [0.25, 0.3) is 0 Å². The minimum Gasteiger partial charge on any atom is -0.467 e. The number of methoxy groups -OCH3 is 1. The lowest BCUT2D eigenvalue weighted by atomic mass is 9.86. The molecule has 0 fully saturated rings. The molecule has 0 radical (unpaired) electrons. The minimum atomic E-state index is -0.865. The molecule has 5 heteroatoms. The van der Waals surface area contributed by atoms with E-state index in [1.54, 1.807) is 7.05 Å². The largest absolute Gasteiger partial charge is 0.467 e. The lowest BCUT2D eigenvalue weighted by molar-refractivity contribution is -0.149. The summed E-state index contributed by atoms with van der Waals surface area (Å²) in [5.41, 5.74) is 0.988. The van der Waals surface area contributed by atoms with Crippen molar-refractivity contribution in [1.29, 1.82) is 0 Å². The van der Waals surface area contributed by atoms with Crippen molar-refractivity contribution in [3.05, 3.63) is 53.9 Å². The second-order valence-corrected chi connectivity index (χ2v) is 4.98. The molecule has 0 saturated carbocycles.